The van der Waals surface area contributed by atoms with E-state index in [9.17, 15) is 9.59 Å². The van der Waals surface area contributed by atoms with E-state index in [1.165, 1.54) is 7.11 Å². The summed E-state index contributed by atoms with van der Waals surface area (Å²) in [6, 6.07) is 8.17. The van der Waals surface area contributed by atoms with Crippen LogP contribution in [0.1, 0.15) is 23.7 Å². The predicted molar refractivity (Wildman–Crippen MR) is 60.0 cm³/mol. The number of benzene rings is 1. The molecule has 0 saturated carbocycles. The number of carbonyl (C=O) groups is 2. The van der Waals surface area contributed by atoms with Gasteiger partial charge in [0.15, 0.2) is 0 Å². The smallest absolute Gasteiger partial charge is 0.328 e. The Hall–Kier alpha value is -1.84. The number of amides is 1. The van der Waals surface area contributed by atoms with Crippen molar-refractivity contribution in [2.75, 3.05) is 7.11 Å². The summed E-state index contributed by atoms with van der Waals surface area (Å²) in [6.07, 6.45) is 0.505. The van der Waals surface area contributed by atoms with Crippen molar-refractivity contribution < 1.29 is 14.3 Å². The van der Waals surface area contributed by atoms with Gasteiger partial charge in [-0.3, -0.25) is 4.79 Å². The summed E-state index contributed by atoms with van der Waals surface area (Å²) >= 11 is 0. The van der Waals surface area contributed by atoms with Gasteiger partial charge in [-0.05, 0) is 18.6 Å². The van der Waals surface area contributed by atoms with Crippen LogP contribution in [-0.2, 0) is 9.53 Å². The molecular formula is C12H15NO3. The van der Waals surface area contributed by atoms with Crippen LogP contribution in [0.5, 0.6) is 0 Å². The second kappa shape index (κ2) is 5.90. The van der Waals surface area contributed by atoms with E-state index in [0.29, 0.717) is 12.0 Å². The van der Waals surface area contributed by atoms with Crippen molar-refractivity contribution in [3.63, 3.8) is 0 Å². The summed E-state index contributed by atoms with van der Waals surface area (Å²) in [7, 11) is 1.31. The average molecular weight is 221 g/mol. The minimum atomic E-state index is -0.585. The fourth-order valence-electron chi connectivity index (χ4n) is 1.30. The molecule has 0 saturated heterocycles. The Kier molecular flexibility index (Phi) is 4.51. The van der Waals surface area contributed by atoms with Crippen LogP contribution in [0.25, 0.3) is 0 Å². The molecule has 4 nitrogen and oxygen atoms in total. The second-order valence-corrected chi connectivity index (χ2v) is 3.32. The van der Waals surface area contributed by atoms with Crippen LogP contribution in [-0.4, -0.2) is 25.0 Å². The van der Waals surface area contributed by atoms with E-state index in [2.05, 4.69) is 10.1 Å². The monoisotopic (exact) mass is 221 g/mol. The number of hydrogen-bond donors (Lipinski definition) is 1. The topological polar surface area (TPSA) is 55.4 Å². The highest BCUT2D eigenvalue weighted by Crippen LogP contribution is 2.01. The first-order valence-corrected chi connectivity index (χ1v) is 5.12. The average Bonchev–Trinajstić information content (AvgIpc) is 2.35. The predicted octanol–water partition coefficient (Wildman–Crippen LogP) is 1.37. The highest BCUT2D eigenvalue weighted by Gasteiger charge is 2.19. The minimum absolute atomic E-state index is 0.266. The maximum absolute atomic E-state index is 11.7. The zero-order valence-electron chi connectivity index (χ0n) is 9.40. The fourth-order valence-corrected chi connectivity index (χ4v) is 1.30. The lowest BCUT2D eigenvalue weighted by atomic mass is 10.1. The first-order chi connectivity index (χ1) is 7.69. The molecule has 0 unspecified atom stereocenters. The van der Waals surface area contributed by atoms with E-state index >= 15 is 0 Å². The molecule has 16 heavy (non-hydrogen) atoms. The number of hydrogen-bond acceptors (Lipinski definition) is 3. The molecule has 0 aliphatic carbocycles. The lowest BCUT2D eigenvalue weighted by Crippen LogP contribution is -2.40. The third kappa shape index (κ3) is 3.08. The molecule has 0 aromatic heterocycles. The number of esters is 1. The molecule has 1 aromatic rings. The van der Waals surface area contributed by atoms with Gasteiger partial charge in [-0.1, -0.05) is 25.1 Å². The van der Waals surface area contributed by atoms with Crippen molar-refractivity contribution in [3.05, 3.63) is 35.9 Å². The highest BCUT2D eigenvalue weighted by molar-refractivity contribution is 5.96. The van der Waals surface area contributed by atoms with Crippen molar-refractivity contribution in [2.45, 2.75) is 19.4 Å². The minimum Gasteiger partial charge on any atom is -0.467 e. The van der Waals surface area contributed by atoms with Gasteiger partial charge >= 0.3 is 5.97 Å². The van der Waals surface area contributed by atoms with Crippen LogP contribution in [0, 0.1) is 0 Å². The Morgan fingerprint density at radius 2 is 1.94 bits per heavy atom. The molecule has 86 valence electrons. The molecule has 1 atom stereocenters. The van der Waals surface area contributed by atoms with Crippen molar-refractivity contribution in [3.8, 4) is 0 Å². The maximum Gasteiger partial charge on any atom is 0.328 e. The summed E-state index contributed by atoms with van der Waals surface area (Å²) in [5.74, 6) is -0.690. The first-order valence-electron chi connectivity index (χ1n) is 5.12. The van der Waals surface area contributed by atoms with Crippen LogP contribution in [0.15, 0.2) is 30.3 Å². The molecule has 0 radical (unpaired) electrons. The summed E-state index contributed by atoms with van der Waals surface area (Å²) in [5.41, 5.74) is 0.532. The van der Waals surface area contributed by atoms with Crippen molar-refractivity contribution in [1.29, 1.82) is 0 Å². The van der Waals surface area contributed by atoms with Crippen LogP contribution in [0.2, 0.25) is 0 Å². The van der Waals surface area contributed by atoms with Crippen LogP contribution in [0.4, 0.5) is 0 Å². The van der Waals surface area contributed by atoms with Gasteiger partial charge in [0, 0.05) is 5.56 Å². The summed E-state index contributed by atoms with van der Waals surface area (Å²) in [6.45, 7) is 1.81. The fraction of sp³-hybridized carbons (Fsp3) is 0.333. The van der Waals surface area contributed by atoms with E-state index < -0.39 is 12.0 Å². The van der Waals surface area contributed by atoms with Crippen LogP contribution < -0.4 is 5.32 Å². The normalized spacial score (nSPS) is 11.6. The Bertz CT molecular complexity index is 362. The number of methoxy groups -OCH3 is 1. The Balaban J connectivity index is 2.66. The van der Waals surface area contributed by atoms with Gasteiger partial charge in [-0.15, -0.1) is 0 Å². The Labute approximate surface area is 94.6 Å². The summed E-state index contributed by atoms with van der Waals surface area (Å²) in [4.78, 5) is 23.0. The third-order valence-electron chi connectivity index (χ3n) is 2.24. The molecule has 0 aliphatic heterocycles. The summed E-state index contributed by atoms with van der Waals surface area (Å²) in [5, 5.41) is 2.62. The Morgan fingerprint density at radius 1 is 1.31 bits per heavy atom. The lowest BCUT2D eigenvalue weighted by Gasteiger charge is -2.14. The number of ether oxygens (including phenoxy) is 1. The van der Waals surface area contributed by atoms with Crippen LogP contribution in [0.3, 0.4) is 0 Å². The van der Waals surface area contributed by atoms with E-state index in [0.717, 1.165) is 0 Å². The number of nitrogens with one attached hydrogen (secondary N) is 1. The molecule has 4 heteroatoms. The van der Waals surface area contributed by atoms with Gasteiger partial charge in [0.05, 0.1) is 7.11 Å². The molecule has 0 bridgehead atoms. The molecular weight excluding hydrogens is 206 g/mol. The van der Waals surface area contributed by atoms with Crippen LogP contribution >= 0.6 is 0 Å². The summed E-state index contributed by atoms with van der Waals surface area (Å²) < 4.78 is 4.59. The molecule has 0 heterocycles. The SMILES string of the molecule is CC[C@@H](NC(=O)c1ccccc1)C(=O)OC. The largest absolute Gasteiger partial charge is 0.467 e. The van der Waals surface area contributed by atoms with Gasteiger partial charge in [-0.2, -0.15) is 0 Å². The van der Waals surface area contributed by atoms with Crippen molar-refractivity contribution in [1.82, 2.24) is 5.32 Å². The standard InChI is InChI=1S/C12H15NO3/c1-3-10(12(15)16-2)13-11(14)9-7-5-4-6-8-9/h4-8,10H,3H2,1-2H3,(H,13,14)/t10-/m1/s1. The molecule has 1 rings (SSSR count). The number of rotatable bonds is 4. The van der Waals surface area contributed by atoms with Gasteiger partial charge in [-0.25, -0.2) is 4.79 Å². The number of carbonyl (C=O) groups excluding carboxylic acids is 2. The van der Waals surface area contributed by atoms with E-state index in [4.69, 9.17) is 0 Å². The Morgan fingerprint density at radius 3 is 2.44 bits per heavy atom. The highest BCUT2D eigenvalue weighted by atomic mass is 16.5. The van der Waals surface area contributed by atoms with Crippen molar-refractivity contribution >= 4 is 11.9 Å². The first kappa shape index (κ1) is 12.2. The molecule has 0 fully saturated rings. The van der Waals surface area contributed by atoms with Crippen molar-refractivity contribution in [2.24, 2.45) is 0 Å². The molecule has 0 aliphatic rings. The molecule has 1 N–H and O–H groups in total. The quantitative estimate of drug-likeness (QED) is 0.781. The molecule has 0 spiro atoms. The van der Waals surface area contributed by atoms with Gasteiger partial charge in [0.2, 0.25) is 0 Å². The van der Waals surface area contributed by atoms with E-state index in [1.54, 1.807) is 24.3 Å². The van der Waals surface area contributed by atoms with Gasteiger partial charge in [0.1, 0.15) is 6.04 Å². The van der Waals surface area contributed by atoms with E-state index in [1.807, 2.05) is 13.0 Å². The zero-order chi connectivity index (χ0) is 12.0. The maximum atomic E-state index is 11.7. The zero-order valence-corrected chi connectivity index (χ0v) is 9.40. The second-order valence-electron chi connectivity index (χ2n) is 3.32. The third-order valence-corrected chi connectivity index (χ3v) is 2.24. The van der Waals surface area contributed by atoms with E-state index in [-0.39, 0.29) is 5.91 Å². The molecule has 1 aromatic carbocycles. The molecule has 1 amide bonds. The van der Waals surface area contributed by atoms with Gasteiger partial charge in [0.25, 0.3) is 5.91 Å². The lowest BCUT2D eigenvalue weighted by molar-refractivity contribution is -0.142. The van der Waals surface area contributed by atoms with Gasteiger partial charge < -0.3 is 10.1 Å².